The molecule has 136 valence electrons. The second kappa shape index (κ2) is 9.01. The van der Waals surface area contributed by atoms with Crippen molar-refractivity contribution in [1.82, 2.24) is 4.98 Å². The van der Waals surface area contributed by atoms with Gasteiger partial charge >= 0.3 is 0 Å². The largest absolute Gasteiger partial charge is 0.495 e. The predicted molar refractivity (Wildman–Crippen MR) is 112 cm³/mol. The fourth-order valence-electron chi connectivity index (χ4n) is 2.58. The molecule has 0 amide bonds. The summed E-state index contributed by atoms with van der Waals surface area (Å²) in [6.07, 6.45) is 8.23. The van der Waals surface area contributed by atoms with Crippen molar-refractivity contribution in [3.8, 4) is 5.75 Å². The number of nitrogens with two attached hydrogens (primary N) is 1. The molecule has 2 aromatic carbocycles. The Bertz CT molecular complexity index is 951. The molecule has 2 N–H and O–H groups in total. The number of ether oxygens (including phenoxy) is 1. The van der Waals surface area contributed by atoms with E-state index in [1.165, 1.54) is 11.1 Å². The van der Waals surface area contributed by atoms with Crippen molar-refractivity contribution in [2.45, 2.75) is 6.42 Å². The van der Waals surface area contributed by atoms with Gasteiger partial charge < -0.3 is 10.5 Å². The summed E-state index contributed by atoms with van der Waals surface area (Å²) in [4.78, 5) is 8.49. The van der Waals surface area contributed by atoms with Gasteiger partial charge in [-0.1, -0.05) is 48.0 Å². The van der Waals surface area contributed by atoms with Crippen molar-refractivity contribution in [2.24, 2.45) is 10.7 Å². The van der Waals surface area contributed by atoms with Gasteiger partial charge in [-0.3, -0.25) is 4.98 Å². The van der Waals surface area contributed by atoms with Crippen LogP contribution in [-0.2, 0) is 6.42 Å². The van der Waals surface area contributed by atoms with Crippen LogP contribution in [-0.4, -0.2) is 17.9 Å². The highest BCUT2D eigenvalue weighted by Crippen LogP contribution is 2.28. The second-order valence-corrected chi connectivity index (χ2v) is 6.38. The molecule has 4 nitrogen and oxygen atoms in total. The number of methoxy groups -OCH3 is 1. The topological polar surface area (TPSA) is 60.5 Å². The average Bonchev–Trinajstić information content (AvgIpc) is 2.68. The van der Waals surface area contributed by atoms with Crippen LogP contribution in [0.2, 0.25) is 5.02 Å². The van der Waals surface area contributed by atoms with E-state index in [1.807, 2.05) is 18.3 Å². The molecule has 0 aliphatic carbocycles. The molecule has 0 spiro atoms. The summed E-state index contributed by atoms with van der Waals surface area (Å²) < 4.78 is 5.13. The Morgan fingerprint density at radius 1 is 1.15 bits per heavy atom. The van der Waals surface area contributed by atoms with Crippen LogP contribution in [0.15, 0.2) is 78.1 Å². The molecule has 27 heavy (non-hydrogen) atoms. The van der Waals surface area contributed by atoms with Gasteiger partial charge in [-0.05, 0) is 53.5 Å². The van der Waals surface area contributed by atoms with Gasteiger partial charge in [0, 0.05) is 12.4 Å². The van der Waals surface area contributed by atoms with Crippen LogP contribution in [0.4, 0.5) is 5.69 Å². The Morgan fingerprint density at radius 2 is 1.96 bits per heavy atom. The third kappa shape index (κ3) is 5.43. The minimum Gasteiger partial charge on any atom is -0.495 e. The van der Waals surface area contributed by atoms with E-state index in [1.54, 1.807) is 37.6 Å². The highest BCUT2D eigenvalue weighted by Gasteiger charge is 2.01. The first-order chi connectivity index (χ1) is 13.1. The summed E-state index contributed by atoms with van der Waals surface area (Å²) in [5.74, 6) is 1.01. The lowest BCUT2D eigenvalue weighted by Gasteiger charge is -2.03. The number of hydrogen-bond donors (Lipinski definition) is 1. The average molecular weight is 378 g/mol. The number of aromatic nitrogens is 1. The highest BCUT2D eigenvalue weighted by atomic mass is 35.5. The van der Waals surface area contributed by atoms with Crippen LogP contribution in [0.25, 0.3) is 6.08 Å². The lowest BCUT2D eigenvalue weighted by Crippen LogP contribution is -2.06. The van der Waals surface area contributed by atoms with E-state index in [0.717, 1.165) is 12.0 Å². The number of aliphatic imine (C=N–C) groups is 1. The Kier molecular flexibility index (Phi) is 6.23. The van der Waals surface area contributed by atoms with E-state index in [4.69, 9.17) is 22.1 Å². The van der Waals surface area contributed by atoms with Crippen LogP contribution >= 0.6 is 11.6 Å². The minimum absolute atomic E-state index is 0.399. The number of pyridine rings is 1. The number of rotatable bonds is 6. The van der Waals surface area contributed by atoms with Crippen LogP contribution in [0.1, 0.15) is 16.7 Å². The lowest BCUT2D eigenvalue weighted by atomic mass is 10.0. The minimum atomic E-state index is 0.399. The fourth-order valence-corrected chi connectivity index (χ4v) is 2.83. The van der Waals surface area contributed by atoms with Gasteiger partial charge in [0.2, 0.25) is 0 Å². The lowest BCUT2D eigenvalue weighted by molar-refractivity contribution is 0.415. The summed E-state index contributed by atoms with van der Waals surface area (Å²) in [6.45, 7) is 0. The van der Waals surface area contributed by atoms with Crippen LogP contribution in [0, 0.1) is 0 Å². The molecule has 3 rings (SSSR count). The van der Waals surface area contributed by atoms with Gasteiger partial charge in [-0.2, -0.15) is 0 Å². The van der Waals surface area contributed by atoms with Crippen LogP contribution < -0.4 is 10.5 Å². The number of amidine groups is 1. The van der Waals surface area contributed by atoms with Crippen molar-refractivity contribution in [1.29, 1.82) is 0 Å². The third-order valence-electron chi connectivity index (χ3n) is 3.95. The SMILES string of the molecule is COc1ccc(N=C(N)C=Cc2ccc(Cc3cccnc3)cc2)cc1Cl. The molecule has 0 aliphatic heterocycles. The van der Waals surface area contributed by atoms with Crippen LogP contribution in [0.3, 0.4) is 0 Å². The Balaban J connectivity index is 1.65. The van der Waals surface area contributed by atoms with Crippen molar-refractivity contribution in [3.05, 3.63) is 94.8 Å². The van der Waals surface area contributed by atoms with E-state index in [2.05, 4.69) is 40.3 Å². The molecule has 0 radical (unpaired) electrons. The first kappa shape index (κ1) is 18.7. The van der Waals surface area contributed by atoms with Gasteiger partial charge in [-0.15, -0.1) is 0 Å². The first-order valence-electron chi connectivity index (χ1n) is 8.47. The Hall–Kier alpha value is -3.11. The van der Waals surface area contributed by atoms with Crippen molar-refractivity contribution in [2.75, 3.05) is 7.11 Å². The van der Waals surface area contributed by atoms with E-state index in [-0.39, 0.29) is 0 Å². The van der Waals surface area contributed by atoms with Gasteiger partial charge in [0.15, 0.2) is 0 Å². The van der Waals surface area contributed by atoms with Crippen LogP contribution in [0.5, 0.6) is 5.75 Å². The number of benzene rings is 2. The number of hydrogen-bond acceptors (Lipinski definition) is 3. The summed E-state index contributed by atoms with van der Waals surface area (Å²) >= 11 is 6.10. The molecule has 3 aromatic rings. The Labute approximate surface area is 164 Å². The van der Waals surface area contributed by atoms with E-state index in [0.29, 0.717) is 22.3 Å². The molecular weight excluding hydrogens is 358 g/mol. The van der Waals surface area contributed by atoms with Crippen molar-refractivity contribution in [3.63, 3.8) is 0 Å². The van der Waals surface area contributed by atoms with E-state index >= 15 is 0 Å². The van der Waals surface area contributed by atoms with Gasteiger partial charge in [0.1, 0.15) is 11.6 Å². The van der Waals surface area contributed by atoms with Gasteiger partial charge in [0.05, 0.1) is 17.8 Å². The summed E-state index contributed by atoms with van der Waals surface area (Å²) in [5.41, 5.74) is 10.1. The molecular formula is C22H20ClN3O. The number of nitrogens with zero attached hydrogens (tertiary/aromatic N) is 2. The van der Waals surface area contributed by atoms with E-state index in [9.17, 15) is 0 Å². The predicted octanol–water partition coefficient (Wildman–Crippen LogP) is 5.04. The maximum atomic E-state index is 6.10. The standard InChI is InChI=1S/C22H20ClN3O/c1-27-21-10-9-19(14-20(21)23)26-22(24)11-8-16-4-6-17(7-5-16)13-18-3-2-12-25-15-18/h2-12,14-15H,13H2,1H3,(H2,24,26). The smallest absolute Gasteiger partial charge is 0.137 e. The fraction of sp³-hybridized carbons (Fsp3) is 0.0909. The number of halogens is 1. The highest BCUT2D eigenvalue weighted by molar-refractivity contribution is 6.32. The molecule has 0 unspecified atom stereocenters. The zero-order valence-corrected chi connectivity index (χ0v) is 15.7. The molecule has 5 heteroatoms. The third-order valence-corrected chi connectivity index (χ3v) is 4.25. The Morgan fingerprint density at radius 3 is 2.63 bits per heavy atom. The maximum absolute atomic E-state index is 6.10. The summed E-state index contributed by atoms with van der Waals surface area (Å²) in [7, 11) is 1.57. The molecule has 0 aliphatic rings. The molecule has 1 aromatic heterocycles. The normalized spacial score (nSPS) is 11.7. The van der Waals surface area contributed by atoms with Crippen molar-refractivity contribution < 1.29 is 4.74 Å². The monoisotopic (exact) mass is 377 g/mol. The second-order valence-electron chi connectivity index (χ2n) is 5.97. The molecule has 0 fully saturated rings. The molecule has 0 bridgehead atoms. The van der Waals surface area contributed by atoms with Gasteiger partial charge in [-0.25, -0.2) is 4.99 Å². The molecule has 0 saturated carbocycles. The van der Waals surface area contributed by atoms with Crippen molar-refractivity contribution >= 4 is 29.2 Å². The van der Waals surface area contributed by atoms with E-state index < -0.39 is 0 Å². The molecule has 0 saturated heterocycles. The zero-order chi connectivity index (χ0) is 19.1. The maximum Gasteiger partial charge on any atom is 0.137 e. The first-order valence-corrected chi connectivity index (χ1v) is 8.85. The molecule has 1 heterocycles. The summed E-state index contributed by atoms with van der Waals surface area (Å²) in [5, 5.41) is 0.500. The van der Waals surface area contributed by atoms with Gasteiger partial charge in [0.25, 0.3) is 0 Å². The summed E-state index contributed by atoms with van der Waals surface area (Å²) in [6, 6.07) is 17.6. The zero-order valence-electron chi connectivity index (χ0n) is 15.0. The quantitative estimate of drug-likeness (QED) is 0.483. The molecule has 0 atom stereocenters.